The number of carbonyl (C=O) groups is 1. The van der Waals surface area contributed by atoms with Gasteiger partial charge in [-0.2, -0.15) is 0 Å². The van der Waals surface area contributed by atoms with Gasteiger partial charge in [-0.15, -0.1) is 0 Å². The van der Waals surface area contributed by atoms with Crippen LogP contribution < -0.4 is 4.74 Å². The molecule has 0 amide bonds. The number of pyridine rings is 1. The van der Waals surface area contributed by atoms with Crippen molar-refractivity contribution in [1.29, 1.82) is 0 Å². The van der Waals surface area contributed by atoms with Crippen molar-refractivity contribution in [3.63, 3.8) is 0 Å². The number of rotatable bonds is 5. The molecule has 1 unspecified atom stereocenters. The Bertz CT molecular complexity index is 1320. The minimum absolute atomic E-state index is 0.156. The topological polar surface area (TPSA) is 59.4 Å². The molecule has 1 N–H and O–H groups in total. The maximum Gasteiger partial charge on any atom is 0.307 e. The van der Waals surface area contributed by atoms with Crippen LogP contribution in [0.4, 0.5) is 0 Å². The first-order valence-electron chi connectivity index (χ1n) is 12.6. The van der Waals surface area contributed by atoms with E-state index in [4.69, 9.17) is 4.74 Å². The zero-order valence-electron chi connectivity index (χ0n) is 19.5. The van der Waals surface area contributed by atoms with E-state index in [9.17, 15) is 9.90 Å². The van der Waals surface area contributed by atoms with Gasteiger partial charge in [0, 0.05) is 24.1 Å². The molecule has 0 saturated heterocycles. The van der Waals surface area contributed by atoms with Crippen molar-refractivity contribution < 1.29 is 14.6 Å². The van der Waals surface area contributed by atoms with Gasteiger partial charge in [0.15, 0.2) is 0 Å². The summed E-state index contributed by atoms with van der Waals surface area (Å²) in [7, 11) is 0. The number of aliphatic carboxylic acids is 1. The average molecular weight is 452 g/mol. The number of aryl methyl sites for hydroxylation is 1. The molecule has 0 radical (unpaired) electrons. The summed E-state index contributed by atoms with van der Waals surface area (Å²) < 4.78 is 6.13. The third-order valence-corrected chi connectivity index (χ3v) is 9.19. The molecule has 3 aromatic rings. The van der Waals surface area contributed by atoms with Gasteiger partial charge < -0.3 is 9.84 Å². The Morgan fingerprint density at radius 1 is 1.12 bits per heavy atom. The van der Waals surface area contributed by atoms with Crippen LogP contribution in [0.3, 0.4) is 0 Å². The molecule has 4 nitrogen and oxygen atoms in total. The van der Waals surface area contributed by atoms with Gasteiger partial charge in [0.2, 0.25) is 5.88 Å². The van der Waals surface area contributed by atoms with Crippen LogP contribution in [0.2, 0.25) is 0 Å². The Kier molecular flexibility index (Phi) is 4.28. The van der Waals surface area contributed by atoms with Gasteiger partial charge in [0.1, 0.15) is 6.61 Å². The summed E-state index contributed by atoms with van der Waals surface area (Å²) in [6.07, 6.45) is 7.85. The van der Waals surface area contributed by atoms with Gasteiger partial charge in [-0.1, -0.05) is 48.9 Å². The second-order valence-corrected chi connectivity index (χ2v) is 10.9. The van der Waals surface area contributed by atoms with Gasteiger partial charge in [0.05, 0.1) is 5.92 Å². The number of ether oxygens (including phenoxy) is 1. The highest BCUT2D eigenvalue weighted by atomic mass is 16.5. The van der Waals surface area contributed by atoms with E-state index in [1.54, 1.807) is 5.56 Å². The van der Waals surface area contributed by atoms with Gasteiger partial charge in [0.25, 0.3) is 0 Å². The quantitative estimate of drug-likeness (QED) is 0.525. The molecule has 2 saturated carbocycles. The lowest BCUT2D eigenvalue weighted by molar-refractivity contribution is -0.139. The van der Waals surface area contributed by atoms with Gasteiger partial charge >= 0.3 is 5.97 Å². The van der Waals surface area contributed by atoms with Crippen LogP contribution in [0.15, 0.2) is 54.7 Å². The van der Waals surface area contributed by atoms with Crippen LogP contribution in [0.5, 0.6) is 5.88 Å². The molecule has 4 heteroatoms. The Labute approximate surface area is 200 Å². The minimum Gasteiger partial charge on any atom is -0.481 e. The van der Waals surface area contributed by atoms with E-state index >= 15 is 0 Å². The van der Waals surface area contributed by atoms with Crippen LogP contribution in [0.25, 0.3) is 0 Å². The number of aromatic nitrogens is 1. The van der Waals surface area contributed by atoms with E-state index < -0.39 is 5.97 Å². The van der Waals surface area contributed by atoms with Gasteiger partial charge in [-0.3, -0.25) is 4.79 Å². The fourth-order valence-corrected chi connectivity index (χ4v) is 7.26. The predicted octanol–water partition coefficient (Wildman–Crippen LogP) is 5.90. The van der Waals surface area contributed by atoms with Crippen molar-refractivity contribution in [2.75, 3.05) is 0 Å². The Morgan fingerprint density at radius 3 is 2.74 bits per heavy atom. The van der Waals surface area contributed by atoms with E-state index in [1.165, 1.54) is 53.5 Å². The van der Waals surface area contributed by atoms with Crippen molar-refractivity contribution in [3.8, 4) is 5.88 Å². The smallest absolute Gasteiger partial charge is 0.307 e. The van der Waals surface area contributed by atoms with Crippen molar-refractivity contribution in [3.05, 3.63) is 93.7 Å². The fraction of sp³-hybridized carbons (Fsp3) is 0.400. The number of nitrogens with zero attached hydrogens (tertiary/aromatic N) is 1. The Hall–Kier alpha value is -3.14. The lowest BCUT2D eigenvalue weighted by Gasteiger charge is -2.40. The molecule has 4 aliphatic carbocycles. The lowest BCUT2D eigenvalue weighted by Crippen LogP contribution is -2.31. The van der Waals surface area contributed by atoms with Crippen LogP contribution in [0, 0.1) is 18.8 Å². The van der Waals surface area contributed by atoms with Crippen molar-refractivity contribution in [1.82, 2.24) is 4.98 Å². The summed E-state index contributed by atoms with van der Waals surface area (Å²) in [5.41, 5.74) is 9.75. The highest BCUT2D eigenvalue weighted by molar-refractivity contribution is 5.77. The zero-order chi connectivity index (χ0) is 23.0. The monoisotopic (exact) mass is 451 g/mol. The van der Waals surface area contributed by atoms with Crippen molar-refractivity contribution >= 4 is 5.97 Å². The zero-order valence-corrected chi connectivity index (χ0v) is 19.5. The van der Waals surface area contributed by atoms with Crippen LogP contribution in [0.1, 0.15) is 76.5 Å². The standard InChI is InChI=1S/C30H29NO3/c1-17-5-2-3-6-20(17)23-14-30(9-4-10-30)25-8-7-18(11-21(23)25)16-34-26-13-19-12-22-27(24(19)15-31-26)28(22)29(32)33/h2-3,5-8,11,13,15,22-23,27-28H,4,9-10,12,14,16H2,1H3,(H,32,33)/t22-,23?,27-,28+/m1/s1. The molecule has 34 heavy (non-hydrogen) atoms. The first-order chi connectivity index (χ1) is 16.5. The summed E-state index contributed by atoms with van der Waals surface area (Å²) in [5.74, 6) is 0.612. The van der Waals surface area contributed by atoms with Crippen LogP contribution in [-0.4, -0.2) is 16.1 Å². The first-order valence-corrected chi connectivity index (χ1v) is 12.6. The lowest BCUT2D eigenvalue weighted by atomic mass is 9.64. The summed E-state index contributed by atoms with van der Waals surface area (Å²) in [4.78, 5) is 15.9. The summed E-state index contributed by atoms with van der Waals surface area (Å²) in [6.45, 7) is 2.73. The third kappa shape index (κ3) is 2.90. The molecule has 4 atom stereocenters. The van der Waals surface area contributed by atoms with Gasteiger partial charge in [-0.25, -0.2) is 4.98 Å². The second kappa shape index (κ2) is 7.18. The maximum atomic E-state index is 11.3. The molecule has 0 aliphatic heterocycles. The molecule has 7 rings (SSSR count). The molecule has 4 aliphatic rings. The molecule has 2 fully saturated rings. The van der Waals surface area contributed by atoms with E-state index in [-0.39, 0.29) is 17.8 Å². The molecular weight excluding hydrogens is 422 g/mol. The molecule has 1 heterocycles. The van der Waals surface area contributed by atoms with Crippen molar-refractivity contribution in [2.45, 2.75) is 62.9 Å². The fourth-order valence-electron chi connectivity index (χ4n) is 7.26. The van der Waals surface area contributed by atoms with E-state index in [1.807, 2.05) is 12.3 Å². The minimum atomic E-state index is -0.676. The number of hydrogen-bond acceptors (Lipinski definition) is 3. The number of carboxylic acid groups (broad SMARTS) is 1. The summed E-state index contributed by atoms with van der Waals surface area (Å²) >= 11 is 0. The average Bonchev–Trinajstić information content (AvgIpc) is 3.24. The SMILES string of the molecule is Cc1ccccc1C1CC2(CCC2)c2ccc(COc3cc4c(cn3)[C@H]3[C@@H](C4)[C@@H]3C(=O)O)cc21. The summed E-state index contributed by atoms with van der Waals surface area (Å²) in [6, 6.07) is 17.8. The Balaban J connectivity index is 1.13. The highest BCUT2D eigenvalue weighted by Crippen LogP contribution is 2.61. The second-order valence-electron chi connectivity index (χ2n) is 10.9. The first kappa shape index (κ1) is 20.3. The normalized spacial score (nSPS) is 27.0. The predicted molar refractivity (Wildman–Crippen MR) is 129 cm³/mol. The molecule has 2 aromatic carbocycles. The number of benzene rings is 2. The van der Waals surface area contributed by atoms with Crippen molar-refractivity contribution in [2.24, 2.45) is 11.8 Å². The van der Waals surface area contributed by atoms with Crippen LogP contribution >= 0.6 is 0 Å². The molecule has 1 aromatic heterocycles. The number of hydrogen-bond donors (Lipinski definition) is 1. The molecular formula is C30H29NO3. The Morgan fingerprint density at radius 2 is 1.97 bits per heavy atom. The number of carboxylic acids is 1. The van der Waals surface area contributed by atoms with E-state index in [0.29, 0.717) is 23.8 Å². The highest BCUT2D eigenvalue weighted by Gasteiger charge is 2.60. The van der Waals surface area contributed by atoms with E-state index in [0.717, 1.165) is 12.0 Å². The van der Waals surface area contributed by atoms with Crippen LogP contribution in [-0.2, 0) is 23.2 Å². The maximum absolute atomic E-state index is 11.3. The molecule has 1 spiro atoms. The largest absolute Gasteiger partial charge is 0.481 e. The molecule has 0 bridgehead atoms. The number of fused-ring (bicyclic) bond motifs is 5. The van der Waals surface area contributed by atoms with E-state index in [2.05, 4.69) is 54.4 Å². The third-order valence-electron chi connectivity index (χ3n) is 9.19. The van der Waals surface area contributed by atoms with Gasteiger partial charge in [-0.05, 0) is 82.9 Å². The summed E-state index contributed by atoms with van der Waals surface area (Å²) in [5, 5.41) is 9.33. The molecule has 172 valence electrons.